The Balaban J connectivity index is 1.73. The zero-order valence-electron chi connectivity index (χ0n) is 11.7. The van der Waals surface area contributed by atoms with Gasteiger partial charge >= 0.3 is 5.97 Å². The lowest BCUT2D eigenvalue weighted by molar-refractivity contribution is -0.384. The van der Waals surface area contributed by atoms with Crippen LogP contribution in [0.4, 0.5) is 10.1 Å². The molecule has 0 aliphatic heterocycles. The summed E-state index contributed by atoms with van der Waals surface area (Å²) in [5, 5.41) is 11.3. The number of non-ortho nitro benzene ring substituents is 1. The number of halogens is 1. The number of nitro benzene ring substituents is 1. The van der Waals surface area contributed by atoms with E-state index in [-0.39, 0.29) is 18.1 Å². The first kappa shape index (κ1) is 15.1. The Morgan fingerprint density at radius 2 is 2.04 bits per heavy atom. The predicted octanol–water partition coefficient (Wildman–Crippen LogP) is 4.31. The minimum Gasteiger partial charge on any atom is -0.457 e. The molecule has 0 radical (unpaired) electrons. The van der Waals surface area contributed by atoms with Crippen LogP contribution in [0.25, 0.3) is 10.1 Å². The van der Waals surface area contributed by atoms with Crippen LogP contribution in [-0.2, 0) is 11.3 Å². The largest absolute Gasteiger partial charge is 0.457 e. The predicted molar refractivity (Wildman–Crippen MR) is 84.0 cm³/mol. The molecule has 0 atom stereocenters. The van der Waals surface area contributed by atoms with Gasteiger partial charge in [-0.25, -0.2) is 9.18 Å². The standard InChI is InChI=1S/C16H10FNO4S/c17-12-4-5-14-11(7-12)8-15(23-14)16(19)22-9-10-2-1-3-13(6-10)18(20)21/h1-8H,9H2. The number of ether oxygens (including phenoxy) is 1. The number of nitrogens with zero attached hydrogens (tertiary/aromatic N) is 1. The monoisotopic (exact) mass is 331 g/mol. The van der Waals surface area contributed by atoms with Crippen molar-refractivity contribution in [2.45, 2.75) is 6.61 Å². The van der Waals surface area contributed by atoms with E-state index >= 15 is 0 Å². The first-order valence-electron chi connectivity index (χ1n) is 6.62. The van der Waals surface area contributed by atoms with Crippen LogP contribution < -0.4 is 0 Å². The van der Waals surface area contributed by atoms with Gasteiger partial charge in [0, 0.05) is 16.8 Å². The van der Waals surface area contributed by atoms with Crippen LogP contribution in [0.1, 0.15) is 15.2 Å². The maximum atomic E-state index is 13.2. The van der Waals surface area contributed by atoms with E-state index in [1.807, 2.05) is 0 Å². The van der Waals surface area contributed by atoms with Gasteiger partial charge in [0.25, 0.3) is 5.69 Å². The Morgan fingerprint density at radius 3 is 2.83 bits per heavy atom. The Kier molecular flexibility index (Phi) is 4.03. The highest BCUT2D eigenvalue weighted by Gasteiger charge is 2.13. The average molecular weight is 331 g/mol. The number of benzene rings is 2. The molecule has 5 nitrogen and oxygen atoms in total. The van der Waals surface area contributed by atoms with E-state index in [4.69, 9.17) is 4.74 Å². The third-order valence-electron chi connectivity index (χ3n) is 3.17. The van der Waals surface area contributed by atoms with E-state index in [0.717, 1.165) is 4.70 Å². The average Bonchev–Trinajstić information content (AvgIpc) is 2.96. The SMILES string of the molecule is O=C(OCc1cccc([N+](=O)[O-])c1)c1cc2cc(F)ccc2s1. The first-order valence-corrected chi connectivity index (χ1v) is 7.44. The molecule has 1 heterocycles. The third kappa shape index (κ3) is 3.35. The highest BCUT2D eigenvalue weighted by atomic mass is 32.1. The van der Waals surface area contributed by atoms with E-state index in [9.17, 15) is 19.3 Å². The summed E-state index contributed by atoms with van der Waals surface area (Å²) in [5.74, 6) is -0.912. The van der Waals surface area contributed by atoms with E-state index in [1.54, 1.807) is 18.2 Å². The van der Waals surface area contributed by atoms with Crippen molar-refractivity contribution in [1.29, 1.82) is 0 Å². The van der Waals surface area contributed by atoms with Gasteiger partial charge in [-0.1, -0.05) is 12.1 Å². The smallest absolute Gasteiger partial charge is 0.348 e. The van der Waals surface area contributed by atoms with Crippen molar-refractivity contribution in [3.63, 3.8) is 0 Å². The number of hydrogen-bond acceptors (Lipinski definition) is 5. The van der Waals surface area contributed by atoms with Gasteiger partial charge < -0.3 is 4.74 Å². The van der Waals surface area contributed by atoms with Crippen molar-refractivity contribution in [1.82, 2.24) is 0 Å². The van der Waals surface area contributed by atoms with Crippen LogP contribution in [0.5, 0.6) is 0 Å². The normalized spacial score (nSPS) is 10.7. The molecule has 3 aromatic rings. The van der Waals surface area contributed by atoms with Gasteiger partial charge in [0.15, 0.2) is 0 Å². The van der Waals surface area contributed by atoms with E-state index in [0.29, 0.717) is 15.8 Å². The van der Waals surface area contributed by atoms with Crippen molar-refractivity contribution in [3.8, 4) is 0 Å². The maximum absolute atomic E-state index is 13.2. The summed E-state index contributed by atoms with van der Waals surface area (Å²) in [6.45, 7) is -0.0663. The molecule has 0 bridgehead atoms. The lowest BCUT2D eigenvalue weighted by atomic mass is 10.2. The number of rotatable bonds is 4. The van der Waals surface area contributed by atoms with Crippen LogP contribution in [0.15, 0.2) is 48.5 Å². The van der Waals surface area contributed by atoms with Gasteiger partial charge in [-0.15, -0.1) is 11.3 Å². The first-order chi connectivity index (χ1) is 11.0. The van der Waals surface area contributed by atoms with Crippen molar-refractivity contribution in [3.05, 3.63) is 74.9 Å². The quantitative estimate of drug-likeness (QED) is 0.406. The van der Waals surface area contributed by atoms with Crippen molar-refractivity contribution in [2.75, 3.05) is 0 Å². The van der Waals surface area contributed by atoms with Crippen molar-refractivity contribution >= 4 is 33.1 Å². The molecule has 7 heteroatoms. The van der Waals surface area contributed by atoms with Gasteiger partial charge in [-0.3, -0.25) is 10.1 Å². The molecule has 2 aromatic carbocycles. The fourth-order valence-electron chi connectivity index (χ4n) is 2.09. The maximum Gasteiger partial charge on any atom is 0.348 e. The number of fused-ring (bicyclic) bond motifs is 1. The number of esters is 1. The molecule has 0 saturated carbocycles. The van der Waals surface area contributed by atoms with Crippen LogP contribution in [0.3, 0.4) is 0 Å². The Morgan fingerprint density at radius 1 is 1.22 bits per heavy atom. The molecule has 0 unspecified atom stereocenters. The number of hydrogen-bond donors (Lipinski definition) is 0. The van der Waals surface area contributed by atoms with Gasteiger partial charge in [0.05, 0.1) is 4.92 Å². The molecule has 116 valence electrons. The third-order valence-corrected chi connectivity index (χ3v) is 4.27. The number of nitro groups is 1. The van der Waals surface area contributed by atoms with Gasteiger partial charge in [0.1, 0.15) is 17.3 Å². The molecular formula is C16H10FNO4S. The number of carbonyl (C=O) groups excluding carboxylic acids is 1. The van der Waals surface area contributed by atoms with Crippen LogP contribution >= 0.6 is 11.3 Å². The molecule has 0 aliphatic rings. The molecule has 0 fully saturated rings. The Labute approximate surface area is 134 Å². The Hall–Kier alpha value is -2.80. The summed E-state index contributed by atoms with van der Waals surface area (Å²) < 4.78 is 19.1. The highest BCUT2D eigenvalue weighted by Crippen LogP contribution is 2.27. The van der Waals surface area contributed by atoms with Crippen molar-refractivity contribution < 1.29 is 18.8 Å². The lowest BCUT2D eigenvalue weighted by Gasteiger charge is -2.03. The molecular weight excluding hydrogens is 321 g/mol. The number of carbonyl (C=O) groups is 1. The summed E-state index contributed by atoms with van der Waals surface area (Å²) in [6.07, 6.45) is 0. The zero-order chi connectivity index (χ0) is 16.4. The van der Waals surface area contributed by atoms with Crippen LogP contribution in [0.2, 0.25) is 0 Å². The summed E-state index contributed by atoms with van der Waals surface area (Å²) in [7, 11) is 0. The second-order valence-electron chi connectivity index (χ2n) is 4.80. The van der Waals surface area contributed by atoms with Crippen LogP contribution in [0, 0.1) is 15.9 Å². The van der Waals surface area contributed by atoms with Crippen molar-refractivity contribution in [2.24, 2.45) is 0 Å². The molecule has 0 saturated heterocycles. The van der Waals surface area contributed by atoms with Gasteiger partial charge in [-0.05, 0) is 35.2 Å². The minimum atomic E-state index is -0.543. The Bertz CT molecular complexity index is 906. The zero-order valence-corrected chi connectivity index (χ0v) is 12.5. The number of thiophene rings is 1. The molecule has 0 amide bonds. The fraction of sp³-hybridized carbons (Fsp3) is 0.0625. The second kappa shape index (κ2) is 6.13. The van der Waals surface area contributed by atoms with E-state index in [1.165, 1.54) is 41.7 Å². The van der Waals surface area contributed by atoms with E-state index in [2.05, 4.69) is 0 Å². The molecule has 0 spiro atoms. The van der Waals surface area contributed by atoms with E-state index < -0.39 is 10.9 Å². The molecule has 0 aliphatic carbocycles. The molecule has 1 aromatic heterocycles. The second-order valence-corrected chi connectivity index (χ2v) is 5.88. The van der Waals surface area contributed by atoms with Gasteiger partial charge in [-0.2, -0.15) is 0 Å². The molecule has 0 N–H and O–H groups in total. The summed E-state index contributed by atoms with van der Waals surface area (Å²) in [4.78, 5) is 22.6. The summed E-state index contributed by atoms with van der Waals surface area (Å²) in [6, 6.07) is 11.7. The van der Waals surface area contributed by atoms with Crippen LogP contribution in [-0.4, -0.2) is 10.9 Å². The fourth-order valence-corrected chi connectivity index (χ4v) is 3.03. The topological polar surface area (TPSA) is 69.4 Å². The molecule has 23 heavy (non-hydrogen) atoms. The van der Waals surface area contributed by atoms with Gasteiger partial charge in [0.2, 0.25) is 0 Å². The summed E-state index contributed by atoms with van der Waals surface area (Å²) >= 11 is 1.21. The lowest BCUT2D eigenvalue weighted by Crippen LogP contribution is -2.03. The molecule has 3 rings (SSSR count). The summed E-state index contributed by atoms with van der Waals surface area (Å²) in [5.41, 5.74) is 0.468. The highest BCUT2D eigenvalue weighted by molar-refractivity contribution is 7.20. The minimum absolute atomic E-state index is 0.0594.